The Balaban J connectivity index is 3.26. The van der Waals surface area contributed by atoms with Gasteiger partial charge in [0.15, 0.2) is 0 Å². The number of sulfonamides is 1. The van der Waals surface area contributed by atoms with E-state index in [0.717, 1.165) is 12.1 Å². The first kappa shape index (κ1) is 18.6. The number of carbonyl (C=O) groups excluding carboxylic acids is 1. The molecule has 0 heterocycles. The SMILES string of the molecule is CCOC(=O)C(C)NS(=O)(=O)c1c(Cl)ccc([N+](=O)[O-])c1Cl. The molecule has 1 aromatic carbocycles. The van der Waals surface area contributed by atoms with E-state index >= 15 is 0 Å². The first-order valence-corrected chi connectivity index (χ1v) is 8.17. The molecular weight excluding hydrogens is 359 g/mol. The predicted octanol–water partition coefficient (Wildman–Crippen LogP) is 2.13. The summed E-state index contributed by atoms with van der Waals surface area (Å²) in [6.45, 7) is 2.89. The maximum atomic E-state index is 12.3. The number of nitrogens with one attached hydrogen (secondary N) is 1. The molecule has 0 saturated heterocycles. The van der Waals surface area contributed by atoms with Crippen molar-refractivity contribution in [2.45, 2.75) is 24.8 Å². The minimum Gasteiger partial charge on any atom is -0.465 e. The summed E-state index contributed by atoms with van der Waals surface area (Å²) in [5.74, 6) is -0.802. The molecule has 22 heavy (non-hydrogen) atoms. The van der Waals surface area contributed by atoms with Gasteiger partial charge in [0, 0.05) is 6.07 Å². The first-order chi connectivity index (χ1) is 10.1. The molecule has 0 spiro atoms. The average Bonchev–Trinajstić information content (AvgIpc) is 2.37. The summed E-state index contributed by atoms with van der Waals surface area (Å²) in [7, 11) is -4.36. The number of nitrogens with zero attached hydrogens (tertiary/aromatic N) is 1. The molecule has 122 valence electrons. The first-order valence-electron chi connectivity index (χ1n) is 5.93. The Bertz CT molecular complexity index is 707. The topological polar surface area (TPSA) is 116 Å². The van der Waals surface area contributed by atoms with Gasteiger partial charge in [0.25, 0.3) is 5.69 Å². The summed E-state index contributed by atoms with van der Waals surface area (Å²) in [5.41, 5.74) is -0.616. The molecule has 0 bridgehead atoms. The number of ether oxygens (including phenoxy) is 1. The fourth-order valence-corrected chi connectivity index (χ4v) is 3.91. The zero-order chi connectivity index (χ0) is 17.1. The number of nitro benzene ring substituents is 1. The third-order valence-corrected chi connectivity index (χ3v) is 5.01. The van der Waals surface area contributed by atoms with E-state index in [1.54, 1.807) is 6.92 Å². The van der Waals surface area contributed by atoms with Crippen LogP contribution in [0.15, 0.2) is 17.0 Å². The van der Waals surface area contributed by atoms with E-state index < -0.39 is 42.6 Å². The Hall–Kier alpha value is -1.42. The van der Waals surface area contributed by atoms with Gasteiger partial charge in [0.1, 0.15) is 16.0 Å². The molecule has 1 N–H and O–H groups in total. The predicted molar refractivity (Wildman–Crippen MR) is 79.5 cm³/mol. The van der Waals surface area contributed by atoms with Crippen molar-refractivity contribution < 1.29 is 22.9 Å². The molecule has 0 radical (unpaired) electrons. The molecule has 11 heteroatoms. The fraction of sp³-hybridized carbons (Fsp3) is 0.364. The molecule has 1 unspecified atom stereocenters. The summed E-state index contributed by atoms with van der Waals surface area (Å²) >= 11 is 11.5. The lowest BCUT2D eigenvalue weighted by Crippen LogP contribution is -2.39. The highest BCUT2D eigenvalue weighted by molar-refractivity contribution is 7.89. The van der Waals surface area contributed by atoms with Gasteiger partial charge in [-0.25, -0.2) is 8.42 Å². The van der Waals surface area contributed by atoms with Gasteiger partial charge < -0.3 is 4.74 Å². The maximum absolute atomic E-state index is 12.3. The van der Waals surface area contributed by atoms with Crippen LogP contribution in [0.25, 0.3) is 0 Å². The van der Waals surface area contributed by atoms with Crippen molar-refractivity contribution >= 4 is 44.9 Å². The molecule has 1 rings (SSSR count). The summed E-state index contributed by atoms with van der Waals surface area (Å²) in [4.78, 5) is 20.8. The number of benzene rings is 1. The lowest BCUT2D eigenvalue weighted by atomic mass is 10.3. The number of nitro groups is 1. The second-order valence-electron chi connectivity index (χ2n) is 4.06. The Labute approximate surface area is 136 Å². The van der Waals surface area contributed by atoms with E-state index in [-0.39, 0.29) is 11.6 Å². The number of hydrogen-bond donors (Lipinski definition) is 1. The highest BCUT2D eigenvalue weighted by Crippen LogP contribution is 2.36. The Morgan fingerprint density at radius 3 is 2.55 bits per heavy atom. The molecule has 0 aliphatic heterocycles. The zero-order valence-corrected chi connectivity index (χ0v) is 13.8. The smallest absolute Gasteiger partial charge is 0.323 e. The van der Waals surface area contributed by atoms with E-state index in [0.29, 0.717) is 0 Å². The van der Waals surface area contributed by atoms with Gasteiger partial charge in [0.2, 0.25) is 10.0 Å². The average molecular weight is 371 g/mol. The molecule has 1 aromatic rings. The monoisotopic (exact) mass is 370 g/mol. The fourth-order valence-electron chi connectivity index (χ4n) is 1.52. The quantitative estimate of drug-likeness (QED) is 0.465. The molecule has 0 saturated carbocycles. The molecule has 0 aliphatic rings. The van der Waals surface area contributed by atoms with Crippen molar-refractivity contribution in [3.63, 3.8) is 0 Å². The van der Waals surface area contributed by atoms with Crippen molar-refractivity contribution in [2.24, 2.45) is 0 Å². The third-order valence-electron chi connectivity index (χ3n) is 2.47. The second kappa shape index (κ2) is 7.23. The Morgan fingerprint density at radius 1 is 1.45 bits per heavy atom. The third kappa shape index (κ3) is 4.07. The maximum Gasteiger partial charge on any atom is 0.323 e. The molecule has 1 atom stereocenters. The number of rotatable bonds is 6. The van der Waals surface area contributed by atoms with Crippen LogP contribution in [0.5, 0.6) is 0 Å². The summed E-state index contributed by atoms with van der Waals surface area (Å²) in [6, 6.07) is 0.810. The summed E-state index contributed by atoms with van der Waals surface area (Å²) in [5, 5.41) is 9.87. The van der Waals surface area contributed by atoms with Gasteiger partial charge in [-0.1, -0.05) is 23.2 Å². The highest BCUT2D eigenvalue weighted by atomic mass is 35.5. The molecular formula is C11H12Cl2N2O6S. The van der Waals surface area contributed by atoms with Crippen LogP contribution >= 0.6 is 23.2 Å². The van der Waals surface area contributed by atoms with Crippen molar-refractivity contribution in [1.29, 1.82) is 0 Å². The largest absolute Gasteiger partial charge is 0.465 e. The number of halogens is 2. The van der Waals surface area contributed by atoms with Gasteiger partial charge in [0.05, 0.1) is 16.6 Å². The van der Waals surface area contributed by atoms with Crippen LogP contribution in [0, 0.1) is 10.1 Å². The van der Waals surface area contributed by atoms with Crippen LogP contribution in [0.2, 0.25) is 10.0 Å². The van der Waals surface area contributed by atoms with Crippen LogP contribution in [-0.4, -0.2) is 32.0 Å². The van der Waals surface area contributed by atoms with Crippen molar-refractivity contribution in [1.82, 2.24) is 4.72 Å². The number of carbonyl (C=O) groups is 1. The van der Waals surface area contributed by atoms with E-state index in [1.807, 2.05) is 4.72 Å². The van der Waals surface area contributed by atoms with Crippen molar-refractivity contribution in [2.75, 3.05) is 6.61 Å². The van der Waals surface area contributed by atoms with Crippen LogP contribution in [0.1, 0.15) is 13.8 Å². The number of hydrogen-bond acceptors (Lipinski definition) is 6. The minimum atomic E-state index is -4.36. The van der Waals surface area contributed by atoms with Crippen LogP contribution in [-0.2, 0) is 19.6 Å². The lowest BCUT2D eigenvalue weighted by molar-refractivity contribution is -0.384. The molecule has 0 fully saturated rings. The van der Waals surface area contributed by atoms with E-state index in [1.165, 1.54) is 6.92 Å². The van der Waals surface area contributed by atoms with Gasteiger partial charge in [-0.2, -0.15) is 4.72 Å². The lowest BCUT2D eigenvalue weighted by Gasteiger charge is -2.14. The zero-order valence-electron chi connectivity index (χ0n) is 11.5. The second-order valence-corrected chi connectivity index (χ2v) is 6.50. The van der Waals surface area contributed by atoms with Gasteiger partial charge in [-0.15, -0.1) is 0 Å². The van der Waals surface area contributed by atoms with Gasteiger partial charge >= 0.3 is 5.97 Å². The van der Waals surface area contributed by atoms with Gasteiger partial charge in [-0.05, 0) is 19.9 Å². The summed E-state index contributed by atoms with van der Waals surface area (Å²) < 4.78 is 31.2. The minimum absolute atomic E-state index is 0.0726. The standard InChI is InChI=1S/C11H12Cl2N2O6S/c1-3-21-11(16)6(2)14-22(19,20)10-7(12)4-5-8(9(10)13)15(17)18/h4-6,14H,3H2,1-2H3. The normalized spacial score (nSPS) is 12.7. The Morgan fingerprint density at radius 2 is 2.05 bits per heavy atom. The van der Waals surface area contributed by atoms with E-state index in [9.17, 15) is 23.3 Å². The van der Waals surface area contributed by atoms with Crippen molar-refractivity contribution in [3.8, 4) is 0 Å². The van der Waals surface area contributed by atoms with Crippen LogP contribution in [0.4, 0.5) is 5.69 Å². The summed E-state index contributed by atoms with van der Waals surface area (Å²) in [6.07, 6.45) is 0. The number of esters is 1. The van der Waals surface area contributed by atoms with Crippen molar-refractivity contribution in [3.05, 3.63) is 32.3 Å². The molecule has 8 nitrogen and oxygen atoms in total. The Kier molecular flexibility index (Phi) is 6.12. The van der Waals surface area contributed by atoms with Gasteiger partial charge in [-0.3, -0.25) is 14.9 Å². The van der Waals surface area contributed by atoms with Crippen LogP contribution in [0.3, 0.4) is 0 Å². The van der Waals surface area contributed by atoms with E-state index in [4.69, 9.17) is 23.2 Å². The molecule has 0 amide bonds. The van der Waals surface area contributed by atoms with E-state index in [2.05, 4.69) is 4.74 Å². The molecule has 0 aromatic heterocycles. The van der Waals surface area contributed by atoms with Crippen LogP contribution < -0.4 is 4.72 Å². The highest BCUT2D eigenvalue weighted by Gasteiger charge is 2.31. The molecule has 0 aliphatic carbocycles.